The van der Waals surface area contributed by atoms with Crippen LogP contribution in [0.2, 0.25) is 5.02 Å². The van der Waals surface area contributed by atoms with Gasteiger partial charge in [0, 0.05) is 46.7 Å². The number of amides is 1. The van der Waals surface area contributed by atoms with Gasteiger partial charge in [0.1, 0.15) is 12.0 Å². The molecular weight excluding hydrogens is 520 g/mol. The third-order valence-electron chi connectivity index (χ3n) is 6.03. The van der Waals surface area contributed by atoms with Crippen molar-refractivity contribution in [2.75, 3.05) is 11.9 Å². The number of hydrogen-bond donors (Lipinski definition) is 4. The average Bonchev–Trinajstić information content (AvgIpc) is 3.62. The van der Waals surface area contributed by atoms with E-state index in [0.717, 1.165) is 22.3 Å². The monoisotopic (exact) mass is 542 g/mol. The number of nitrogens with zero attached hydrogens (tertiary/aromatic N) is 5. The molecule has 1 atom stereocenters. The van der Waals surface area contributed by atoms with Crippen LogP contribution in [-0.4, -0.2) is 59.7 Å². The molecule has 0 saturated heterocycles. The molecule has 12 heteroatoms. The standard InChI is InChI=1S/C27H23ClN8O3/c28-20-6-9-24(36-16-32-34-35-36)18(12-20)5-10-25(37)33-22(13-19-14-31-26-23(19)2-1-11-29-26)15-30-21-7-3-17(4-8-21)27(38)39/h1-12,14,16,22,30H,13,15H2,(H,29,31)(H,33,37)(H,38,39)/b10-5+. The number of aromatic amines is 1. The van der Waals surface area contributed by atoms with Crippen LogP contribution in [0.1, 0.15) is 21.5 Å². The third-order valence-corrected chi connectivity index (χ3v) is 6.27. The molecule has 4 N–H and O–H groups in total. The summed E-state index contributed by atoms with van der Waals surface area (Å²) in [5.74, 6) is -1.29. The lowest BCUT2D eigenvalue weighted by Gasteiger charge is -2.19. The molecule has 1 unspecified atom stereocenters. The van der Waals surface area contributed by atoms with Gasteiger partial charge < -0.3 is 20.7 Å². The number of carboxylic acid groups (broad SMARTS) is 1. The summed E-state index contributed by atoms with van der Waals surface area (Å²) in [6, 6.07) is 15.2. The number of carbonyl (C=O) groups is 2. The van der Waals surface area contributed by atoms with E-state index in [0.29, 0.717) is 29.2 Å². The van der Waals surface area contributed by atoms with Gasteiger partial charge in [0.15, 0.2) is 0 Å². The molecule has 0 saturated carbocycles. The fourth-order valence-corrected chi connectivity index (χ4v) is 4.33. The fraction of sp³-hybridized carbons (Fsp3) is 0.111. The first-order valence-electron chi connectivity index (χ1n) is 12.0. The quantitative estimate of drug-likeness (QED) is 0.195. The van der Waals surface area contributed by atoms with Gasteiger partial charge in [-0.25, -0.2) is 9.78 Å². The van der Waals surface area contributed by atoms with E-state index in [4.69, 9.17) is 16.7 Å². The zero-order valence-corrected chi connectivity index (χ0v) is 21.2. The Balaban J connectivity index is 1.34. The van der Waals surface area contributed by atoms with Crippen molar-refractivity contribution in [3.05, 3.63) is 101 Å². The molecule has 1 amide bonds. The first-order chi connectivity index (χ1) is 19.0. The van der Waals surface area contributed by atoms with E-state index in [2.05, 4.69) is 36.1 Å². The molecule has 0 radical (unpaired) electrons. The molecule has 5 aromatic rings. The second-order valence-electron chi connectivity index (χ2n) is 8.68. The first-order valence-corrected chi connectivity index (χ1v) is 12.3. The number of H-pyrrole nitrogens is 1. The van der Waals surface area contributed by atoms with Gasteiger partial charge in [0.2, 0.25) is 5.91 Å². The summed E-state index contributed by atoms with van der Waals surface area (Å²) in [6.07, 6.45) is 8.68. The molecule has 2 aromatic carbocycles. The van der Waals surface area contributed by atoms with Gasteiger partial charge in [-0.15, -0.1) is 5.10 Å². The van der Waals surface area contributed by atoms with E-state index in [9.17, 15) is 9.59 Å². The van der Waals surface area contributed by atoms with E-state index < -0.39 is 5.97 Å². The molecule has 0 aliphatic rings. The molecular formula is C27H23ClN8O3. The molecule has 0 spiro atoms. The van der Waals surface area contributed by atoms with Crippen LogP contribution < -0.4 is 10.6 Å². The number of aromatic nitrogens is 6. The minimum Gasteiger partial charge on any atom is -0.478 e. The Bertz CT molecular complexity index is 1630. The molecule has 0 aliphatic heterocycles. The van der Waals surface area contributed by atoms with Gasteiger partial charge in [-0.2, -0.15) is 4.68 Å². The number of nitrogens with one attached hydrogen (secondary N) is 3. The van der Waals surface area contributed by atoms with E-state index in [1.807, 2.05) is 18.3 Å². The maximum Gasteiger partial charge on any atom is 0.335 e. The van der Waals surface area contributed by atoms with Crippen LogP contribution >= 0.6 is 11.6 Å². The fourth-order valence-electron chi connectivity index (χ4n) is 4.15. The van der Waals surface area contributed by atoms with Crippen LogP contribution in [-0.2, 0) is 11.2 Å². The SMILES string of the molecule is O=C(/C=C/c1cc(Cl)ccc1-n1cnnn1)NC(CNc1ccc(C(=O)O)cc1)Cc1c[nH]c2ncccc12. The van der Waals surface area contributed by atoms with Gasteiger partial charge in [-0.1, -0.05) is 11.6 Å². The van der Waals surface area contributed by atoms with Crippen LogP contribution in [0.3, 0.4) is 0 Å². The molecule has 0 aliphatic carbocycles. The molecule has 3 aromatic heterocycles. The van der Waals surface area contributed by atoms with Crippen molar-refractivity contribution in [1.82, 2.24) is 35.5 Å². The topological polar surface area (TPSA) is 151 Å². The van der Waals surface area contributed by atoms with Crippen molar-refractivity contribution in [3.63, 3.8) is 0 Å². The molecule has 11 nitrogen and oxygen atoms in total. The zero-order valence-electron chi connectivity index (χ0n) is 20.5. The van der Waals surface area contributed by atoms with Gasteiger partial charge in [0.25, 0.3) is 0 Å². The average molecular weight is 543 g/mol. The smallest absolute Gasteiger partial charge is 0.335 e. The number of pyridine rings is 1. The van der Waals surface area contributed by atoms with Crippen molar-refractivity contribution >= 4 is 46.3 Å². The highest BCUT2D eigenvalue weighted by molar-refractivity contribution is 6.30. The van der Waals surface area contributed by atoms with Crippen LogP contribution in [0.5, 0.6) is 0 Å². The van der Waals surface area contributed by atoms with E-state index in [1.54, 1.807) is 42.6 Å². The predicted molar refractivity (Wildman–Crippen MR) is 147 cm³/mol. The number of hydrogen-bond acceptors (Lipinski definition) is 7. The number of fused-ring (bicyclic) bond motifs is 1. The number of carboxylic acids is 1. The summed E-state index contributed by atoms with van der Waals surface area (Å²) >= 11 is 6.19. The van der Waals surface area contributed by atoms with Crippen molar-refractivity contribution in [1.29, 1.82) is 0 Å². The maximum absolute atomic E-state index is 13.0. The largest absolute Gasteiger partial charge is 0.478 e. The highest BCUT2D eigenvalue weighted by Crippen LogP contribution is 2.21. The Morgan fingerprint density at radius 2 is 2.00 bits per heavy atom. The number of rotatable bonds is 10. The summed E-state index contributed by atoms with van der Waals surface area (Å²) in [5, 5.41) is 28.2. The number of carbonyl (C=O) groups excluding carboxylic acids is 1. The molecule has 5 rings (SSSR count). The summed E-state index contributed by atoms with van der Waals surface area (Å²) in [4.78, 5) is 31.7. The van der Waals surface area contributed by atoms with E-state index in [1.165, 1.54) is 29.2 Å². The first kappa shape index (κ1) is 25.6. The molecule has 196 valence electrons. The van der Waals surface area contributed by atoms with E-state index in [-0.39, 0.29) is 17.5 Å². The second kappa shape index (κ2) is 11.6. The van der Waals surface area contributed by atoms with Crippen molar-refractivity contribution in [2.45, 2.75) is 12.5 Å². The Hall–Kier alpha value is -5.03. The Kier molecular flexibility index (Phi) is 7.60. The lowest BCUT2D eigenvalue weighted by Crippen LogP contribution is -2.40. The third kappa shape index (κ3) is 6.28. The van der Waals surface area contributed by atoms with Crippen molar-refractivity contribution in [3.8, 4) is 5.69 Å². The van der Waals surface area contributed by atoms with Gasteiger partial charge >= 0.3 is 5.97 Å². The van der Waals surface area contributed by atoms with Crippen LogP contribution in [0.25, 0.3) is 22.8 Å². The number of anilines is 1. The molecule has 3 heterocycles. The minimum atomic E-state index is -0.991. The minimum absolute atomic E-state index is 0.198. The molecule has 39 heavy (non-hydrogen) atoms. The lowest BCUT2D eigenvalue weighted by atomic mass is 10.1. The second-order valence-corrected chi connectivity index (χ2v) is 9.11. The Labute approximate surface area is 227 Å². The van der Waals surface area contributed by atoms with Crippen molar-refractivity contribution in [2.24, 2.45) is 0 Å². The summed E-state index contributed by atoms with van der Waals surface area (Å²) in [7, 11) is 0. The van der Waals surface area contributed by atoms with Crippen LogP contribution in [0.15, 0.2) is 79.4 Å². The summed E-state index contributed by atoms with van der Waals surface area (Å²) < 4.78 is 1.49. The van der Waals surface area contributed by atoms with Crippen LogP contribution in [0, 0.1) is 0 Å². The van der Waals surface area contributed by atoms with Crippen LogP contribution in [0.4, 0.5) is 5.69 Å². The summed E-state index contributed by atoms with van der Waals surface area (Å²) in [6.45, 7) is 0.395. The maximum atomic E-state index is 13.0. The number of tetrazole rings is 1. The van der Waals surface area contributed by atoms with Gasteiger partial charge in [0.05, 0.1) is 17.3 Å². The zero-order chi connectivity index (χ0) is 27.2. The van der Waals surface area contributed by atoms with Gasteiger partial charge in [-0.05, 0) is 83.1 Å². The predicted octanol–water partition coefficient (Wildman–Crippen LogP) is 3.74. The normalized spacial score (nSPS) is 12.0. The highest BCUT2D eigenvalue weighted by Gasteiger charge is 2.16. The summed E-state index contributed by atoms with van der Waals surface area (Å²) in [5.41, 5.74) is 4.05. The Morgan fingerprint density at radius 1 is 1.15 bits per heavy atom. The highest BCUT2D eigenvalue weighted by atomic mass is 35.5. The van der Waals surface area contributed by atoms with Gasteiger partial charge in [-0.3, -0.25) is 4.79 Å². The Morgan fingerprint density at radius 3 is 2.77 bits per heavy atom. The van der Waals surface area contributed by atoms with Crippen molar-refractivity contribution < 1.29 is 14.7 Å². The lowest BCUT2D eigenvalue weighted by molar-refractivity contribution is -0.117. The number of benzene rings is 2. The van der Waals surface area contributed by atoms with E-state index >= 15 is 0 Å². The number of aromatic carboxylic acids is 1. The molecule has 0 bridgehead atoms. The molecule has 0 fully saturated rings. The number of halogens is 1.